The molecule has 0 unspecified atom stereocenters. The summed E-state index contributed by atoms with van der Waals surface area (Å²) in [5.74, 6) is 0.897. The van der Waals surface area contributed by atoms with Crippen LogP contribution in [0.5, 0.6) is 5.75 Å². The van der Waals surface area contributed by atoms with Crippen molar-refractivity contribution in [1.82, 2.24) is 20.2 Å². The average molecular weight is 266 g/mol. The molecular weight excluding hydrogens is 252 g/mol. The molecule has 0 amide bonds. The molecule has 20 heavy (non-hydrogen) atoms. The van der Waals surface area contributed by atoms with Crippen molar-refractivity contribution < 1.29 is 5.11 Å². The summed E-state index contributed by atoms with van der Waals surface area (Å²) in [6, 6.07) is 15.0. The molecule has 1 heterocycles. The molecule has 0 atom stereocenters. The van der Waals surface area contributed by atoms with Crippen molar-refractivity contribution >= 4 is 0 Å². The Bertz CT molecular complexity index is 701. The van der Waals surface area contributed by atoms with Crippen molar-refractivity contribution in [2.75, 3.05) is 0 Å². The SMILES string of the molecule is CCc1ccc(-c2nnnn2-c2ccc(O)cc2)cc1. The van der Waals surface area contributed by atoms with Crippen molar-refractivity contribution in [2.24, 2.45) is 0 Å². The minimum atomic E-state index is 0.218. The van der Waals surface area contributed by atoms with Crippen LogP contribution >= 0.6 is 0 Å². The lowest BCUT2D eigenvalue weighted by atomic mass is 10.1. The normalized spacial score (nSPS) is 10.7. The largest absolute Gasteiger partial charge is 0.508 e. The van der Waals surface area contributed by atoms with Crippen LogP contribution < -0.4 is 0 Å². The first-order valence-electron chi connectivity index (χ1n) is 6.45. The Labute approximate surface area is 116 Å². The number of tetrazole rings is 1. The van der Waals surface area contributed by atoms with E-state index in [1.54, 1.807) is 28.9 Å². The molecule has 0 saturated heterocycles. The van der Waals surface area contributed by atoms with Crippen molar-refractivity contribution in [2.45, 2.75) is 13.3 Å². The summed E-state index contributed by atoms with van der Waals surface area (Å²) in [7, 11) is 0. The second-order valence-corrected chi connectivity index (χ2v) is 4.48. The molecule has 0 aliphatic rings. The summed E-state index contributed by atoms with van der Waals surface area (Å²) in [4.78, 5) is 0. The Kier molecular flexibility index (Phi) is 3.16. The Morgan fingerprint density at radius 1 is 1.00 bits per heavy atom. The monoisotopic (exact) mass is 266 g/mol. The molecular formula is C15H14N4O. The zero-order valence-electron chi connectivity index (χ0n) is 11.1. The van der Waals surface area contributed by atoms with Gasteiger partial charge >= 0.3 is 0 Å². The van der Waals surface area contributed by atoms with Crippen LogP contribution in [0.25, 0.3) is 17.1 Å². The molecule has 0 radical (unpaired) electrons. The lowest BCUT2D eigenvalue weighted by Gasteiger charge is -2.05. The van der Waals surface area contributed by atoms with E-state index in [1.807, 2.05) is 12.1 Å². The summed E-state index contributed by atoms with van der Waals surface area (Å²) in [6.45, 7) is 2.12. The van der Waals surface area contributed by atoms with Gasteiger partial charge in [-0.1, -0.05) is 31.2 Å². The Hall–Kier alpha value is -2.69. The van der Waals surface area contributed by atoms with Gasteiger partial charge in [-0.25, -0.2) is 0 Å². The van der Waals surface area contributed by atoms with E-state index in [9.17, 15) is 5.11 Å². The van der Waals surface area contributed by atoms with Gasteiger partial charge < -0.3 is 5.11 Å². The smallest absolute Gasteiger partial charge is 0.187 e. The Balaban J connectivity index is 2.02. The molecule has 3 rings (SSSR count). The first-order valence-corrected chi connectivity index (χ1v) is 6.45. The second-order valence-electron chi connectivity index (χ2n) is 4.48. The molecule has 0 saturated carbocycles. The molecule has 1 aromatic heterocycles. The molecule has 0 spiro atoms. The maximum atomic E-state index is 9.34. The van der Waals surface area contributed by atoms with Crippen LogP contribution in [0.1, 0.15) is 12.5 Å². The van der Waals surface area contributed by atoms with Gasteiger partial charge in [0.15, 0.2) is 5.82 Å². The molecule has 0 aliphatic heterocycles. The molecule has 0 aliphatic carbocycles. The molecule has 5 nitrogen and oxygen atoms in total. The van der Waals surface area contributed by atoms with Gasteiger partial charge in [0.2, 0.25) is 0 Å². The number of benzene rings is 2. The molecule has 0 fully saturated rings. The van der Waals surface area contributed by atoms with Gasteiger partial charge in [0, 0.05) is 5.56 Å². The van der Waals surface area contributed by atoms with Crippen molar-refractivity contribution in [3.8, 4) is 22.8 Å². The van der Waals surface area contributed by atoms with Gasteiger partial charge in [-0.05, 0) is 46.7 Å². The second kappa shape index (κ2) is 5.13. The quantitative estimate of drug-likeness (QED) is 0.791. The third-order valence-corrected chi connectivity index (χ3v) is 3.18. The van der Waals surface area contributed by atoms with E-state index in [0.717, 1.165) is 17.7 Å². The predicted octanol–water partition coefficient (Wildman–Crippen LogP) is 2.60. The van der Waals surface area contributed by atoms with E-state index >= 15 is 0 Å². The highest BCUT2D eigenvalue weighted by atomic mass is 16.3. The topological polar surface area (TPSA) is 63.8 Å². The van der Waals surface area contributed by atoms with Crippen LogP contribution in [0.2, 0.25) is 0 Å². The number of hydrogen-bond donors (Lipinski definition) is 1. The predicted molar refractivity (Wildman–Crippen MR) is 75.6 cm³/mol. The first-order chi connectivity index (χ1) is 9.78. The van der Waals surface area contributed by atoms with E-state index in [2.05, 4.69) is 34.6 Å². The number of phenols is 1. The standard InChI is InChI=1S/C15H14N4O/c1-2-11-3-5-12(6-4-11)15-16-17-18-19(15)13-7-9-14(20)10-8-13/h3-10,20H,2H2,1H3. The highest BCUT2D eigenvalue weighted by Crippen LogP contribution is 2.21. The van der Waals surface area contributed by atoms with Crippen LogP contribution in [0, 0.1) is 0 Å². The Morgan fingerprint density at radius 3 is 2.35 bits per heavy atom. The molecule has 0 bridgehead atoms. The van der Waals surface area contributed by atoms with Crippen molar-refractivity contribution in [3.05, 3.63) is 54.1 Å². The number of phenolic OH excluding ortho intramolecular Hbond substituents is 1. The van der Waals surface area contributed by atoms with Crippen LogP contribution in [0.3, 0.4) is 0 Å². The third kappa shape index (κ3) is 2.25. The highest BCUT2D eigenvalue weighted by molar-refractivity contribution is 5.57. The third-order valence-electron chi connectivity index (χ3n) is 3.18. The fraction of sp³-hybridized carbons (Fsp3) is 0.133. The van der Waals surface area contributed by atoms with Gasteiger partial charge in [0.25, 0.3) is 0 Å². The fourth-order valence-corrected chi connectivity index (χ4v) is 2.02. The number of hydrogen-bond acceptors (Lipinski definition) is 4. The summed E-state index contributed by atoms with van der Waals surface area (Å²) >= 11 is 0. The van der Waals surface area contributed by atoms with Crippen LogP contribution in [0.4, 0.5) is 0 Å². The van der Waals surface area contributed by atoms with Crippen LogP contribution in [0.15, 0.2) is 48.5 Å². The summed E-state index contributed by atoms with van der Waals surface area (Å²) in [5.41, 5.74) is 3.04. The minimum Gasteiger partial charge on any atom is -0.508 e. The van der Waals surface area contributed by atoms with E-state index in [0.29, 0.717) is 5.82 Å². The van der Waals surface area contributed by atoms with Gasteiger partial charge in [0.1, 0.15) is 5.75 Å². The maximum Gasteiger partial charge on any atom is 0.187 e. The number of aryl methyl sites for hydroxylation is 1. The molecule has 1 N–H and O–H groups in total. The minimum absolute atomic E-state index is 0.218. The molecule has 3 aromatic rings. The van der Waals surface area contributed by atoms with E-state index < -0.39 is 0 Å². The highest BCUT2D eigenvalue weighted by Gasteiger charge is 2.10. The number of aromatic nitrogens is 4. The number of aromatic hydroxyl groups is 1. The lowest BCUT2D eigenvalue weighted by Crippen LogP contribution is -1.99. The summed E-state index contributed by atoms with van der Waals surface area (Å²) in [6.07, 6.45) is 1.00. The summed E-state index contributed by atoms with van der Waals surface area (Å²) < 4.78 is 1.65. The van der Waals surface area contributed by atoms with Crippen molar-refractivity contribution in [3.63, 3.8) is 0 Å². The van der Waals surface area contributed by atoms with Crippen molar-refractivity contribution in [1.29, 1.82) is 0 Å². The summed E-state index contributed by atoms with van der Waals surface area (Å²) in [5, 5.41) is 21.2. The van der Waals surface area contributed by atoms with Gasteiger partial charge in [0.05, 0.1) is 5.69 Å². The maximum absolute atomic E-state index is 9.34. The number of nitrogens with zero attached hydrogens (tertiary/aromatic N) is 4. The zero-order chi connectivity index (χ0) is 13.9. The molecule has 5 heteroatoms. The zero-order valence-corrected chi connectivity index (χ0v) is 11.1. The Morgan fingerprint density at radius 2 is 1.70 bits per heavy atom. The van der Waals surface area contributed by atoms with E-state index in [1.165, 1.54) is 5.56 Å². The molecule has 2 aromatic carbocycles. The van der Waals surface area contributed by atoms with E-state index in [-0.39, 0.29) is 5.75 Å². The molecule has 100 valence electrons. The van der Waals surface area contributed by atoms with Crippen LogP contribution in [-0.4, -0.2) is 25.3 Å². The first kappa shape index (κ1) is 12.3. The van der Waals surface area contributed by atoms with Gasteiger partial charge in [-0.15, -0.1) is 5.10 Å². The fourth-order valence-electron chi connectivity index (χ4n) is 2.02. The van der Waals surface area contributed by atoms with Gasteiger partial charge in [-0.3, -0.25) is 0 Å². The van der Waals surface area contributed by atoms with E-state index in [4.69, 9.17) is 0 Å². The van der Waals surface area contributed by atoms with Gasteiger partial charge in [-0.2, -0.15) is 4.68 Å². The lowest BCUT2D eigenvalue weighted by molar-refractivity contribution is 0.475. The number of rotatable bonds is 3. The van der Waals surface area contributed by atoms with Crippen LogP contribution in [-0.2, 0) is 6.42 Å². The average Bonchev–Trinajstić information content (AvgIpc) is 2.97.